The number of rotatable bonds is 0. The minimum atomic E-state index is 0.622. The van der Waals surface area contributed by atoms with Gasteiger partial charge in [0.25, 0.3) is 0 Å². The van der Waals surface area contributed by atoms with Crippen LogP contribution >= 0.6 is 0 Å². The van der Waals surface area contributed by atoms with Crippen molar-refractivity contribution in [1.82, 2.24) is 0 Å². The molecule has 2 aliphatic rings. The predicted octanol–water partition coefficient (Wildman–Crippen LogP) is 3.78. The van der Waals surface area contributed by atoms with Crippen LogP contribution in [0.3, 0.4) is 0 Å². The van der Waals surface area contributed by atoms with Crippen molar-refractivity contribution >= 4 is 0 Å². The second kappa shape index (κ2) is 2.37. The van der Waals surface area contributed by atoms with E-state index in [4.69, 9.17) is 0 Å². The summed E-state index contributed by atoms with van der Waals surface area (Å²) in [6.45, 7) is 9.52. The fourth-order valence-corrected chi connectivity index (χ4v) is 3.29. The van der Waals surface area contributed by atoms with Crippen LogP contribution < -0.4 is 0 Å². The van der Waals surface area contributed by atoms with Gasteiger partial charge in [0, 0.05) is 0 Å². The molecule has 0 unspecified atom stereocenters. The molecule has 0 aromatic heterocycles. The Hall–Kier alpha value is -0.260. The maximum absolute atomic E-state index is 2.42. The molecular weight excluding hydrogens is 144 g/mol. The van der Waals surface area contributed by atoms with Gasteiger partial charge in [-0.25, -0.2) is 0 Å². The Morgan fingerprint density at radius 1 is 1.17 bits per heavy atom. The number of allylic oxidation sites excluding steroid dienone is 2. The molecule has 12 heavy (non-hydrogen) atoms. The molecule has 0 aromatic rings. The van der Waals surface area contributed by atoms with Crippen molar-refractivity contribution in [2.24, 2.45) is 17.3 Å². The Kier molecular flexibility index (Phi) is 1.65. The van der Waals surface area contributed by atoms with Gasteiger partial charge in [-0.1, -0.05) is 25.0 Å². The molecule has 0 aliphatic heterocycles. The molecule has 1 fully saturated rings. The average Bonchev–Trinajstić information content (AvgIpc) is 2.33. The summed E-state index contributed by atoms with van der Waals surface area (Å²) >= 11 is 0. The van der Waals surface area contributed by atoms with Gasteiger partial charge in [0.05, 0.1) is 0 Å². The molecule has 0 N–H and O–H groups in total. The molecule has 0 heteroatoms. The van der Waals surface area contributed by atoms with E-state index in [0.717, 1.165) is 11.8 Å². The van der Waals surface area contributed by atoms with Gasteiger partial charge >= 0.3 is 0 Å². The fraction of sp³-hybridized carbons (Fsp3) is 0.833. The molecule has 2 rings (SSSR count). The van der Waals surface area contributed by atoms with E-state index >= 15 is 0 Å². The second-order valence-corrected chi connectivity index (χ2v) is 5.61. The summed E-state index contributed by atoms with van der Waals surface area (Å²) in [7, 11) is 0. The molecule has 0 amide bonds. The monoisotopic (exact) mass is 164 g/mol. The molecule has 2 aliphatic carbocycles. The summed E-state index contributed by atoms with van der Waals surface area (Å²) in [5, 5.41) is 0. The minimum Gasteiger partial charge on any atom is -0.0738 e. The highest BCUT2D eigenvalue weighted by molar-refractivity contribution is 5.24. The van der Waals surface area contributed by atoms with Crippen molar-refractivity contribution in [3.05, 3.63) is 11.1 Å². The molecule has 0 saturated heterocycles. The van der Waals surface area contributed by atoms with E-state index in [2.05, 4.69) is 27.7 Å². The number of hydrogen-bond donors (Lipinski definition) is 0. The first-order valence-corrected chi connectivity index (χ1v) is 5.16. The first-order chi connectivity index (χ1) is 5.49. The van der Waals surface area contributed by atoms with Crippen molar-refractivity contribution in [2.45, 2.75) is 47.0 Å². The molecule has 0 radical (unpaired) electrons. The first kappa shape index (κ1) is 8.34. The lowest BCUT2D eigenvalue weighted by Gasteiger charge is -2.18. The molecule has 1 saturated carbocycles. The molecule has 0 bridgehead atoms. The number of hydrogen-bond acceptors (Lipinski definition) is 0. The molecule has 0 spiro atoms. The highest BCUT2D eigenvalue weighted by Crippen LogP contribution is 2.54. The van der Waals surface area contributed by atoms with E-state index in [9.17, 15) is 0 Å². The van der Waals surface area contributed by atoms with Crippen LogP contribution in [0.1, 0.15) is 47.0 Å². The SMILES string of the molecule is CC1=C(C)[C@@H]2CC(C)(C)C[C@@H]2C1. The van der Waals surface area contributed by atoms with Gasteiger partial charge in [0.15, 0.2) is 0 Å². The molecule has 2 atom stereocenters. The van der Waals surface area contributed by atoms with Gasteiger partial charge < -0.3 is 0 Å². The van der Waals surface area contributed by atoms with E-state index in [0.29, 0.717) is 5.41 Å². The van der Waals surface area contributed by atoms with Gasteiger partial charge in [-0.3, -0.25) is 0 Å². The highest BCUT2D eigenvalue weighted by atomic mass is 14.5. The Labute approximate surface area is 76.1 Å². The zero-order valence-electron chi connectivity index (χ0n) is 8.78. The maximum atomic E-state index is 2.42. The topological polar surface area (TPSA) is 0 Å². The first-order valence-electron chi connectivity index (χ1n) is 5.16. The lowest BCUT2D eigenvalue weighted by atomic mass is 9.88. The van der Waals surface area contributed by atoms with Crippen LogP contribution in [0.5, 0.6) is 0 Å². The molecule has 0 aromatic carbocycles. The smallest absolute Gasteiger partial charge is 0.0167 e. The second-order valence-electron chi connectivity index (χ2n) is 5.61. The van der Waals surface area contributed by atoms with Crippen LogP contribution in [0.2, 0.25) is 0 Å². The van der Waals surface area contributed by atoms with E-state index in [1.165, 1.54) is 19.3 Å². The van der Waals surface area contributed by atoms with Crippen LogP contribution in [-0.2, 0) is 0 Å². The Morgan fingerprint density at radius 2 is 1.83 bits per heavy atom. The summed E-state index contributed by atoms with van der Waals surface area (Å²) in [4.78, 5) is 0. The maximum Gasteiger partial charge on any atom is -0.0167 e. The van der Waals surface area contributed by atoms with Crippen LogP contribution in [-0.4, -0.2) is 0 Å². The third kappa shape index (κ3) is 1.12. The van der Waals surface area contributed by atoms with E-state index < -0.39 is 0 Å². The molecule has 0 heterocycles. The van der Waals surface area contributed by atoms with E-state index in [1.54, 1.807) is 11.1 Å². The average molecular weight is 164 g/mol. The van der Waals surface area contributed by atoms with Gasteiger partial charge in [-0.2, -0.15) is 0 Å². The van der Waals surface area contributed by atoms with Crippen molar-refractivity contribution in [2.75, 3.05) is 0 Å². The quantitative estimate of drug-likeness (QED) is 0.478. The Morgan fingerprint density at radius 3 is 2.42 bits per heavy atom. The van der Waals surface area contributed by atoms with Crippen molar-refractivity contribution in [1.29, 1.82) is 0 Å². The van der Waals surface area contributed by atoms with Gasteiger partial charge in [-0.05, 0) is 50.4 Å². The molecular formula is C12H20. The standard InChI is InChI=1S/C12H20/c1-8-5-10-6-12(3,4)7-11(10)9(8)2/h10-11H,5-7H2,1-4H3/t10-,11-/m0/s1. The fourth-order valence-electron chi connectivity index (χ4n) is 3.29. The van der Waals surface area contributed by atoms with E-state index in [-0.39, 0.29) is 0 Å². The van der Waals surface area contributed by atoms with Gasteiger partial charge in [0.2, 0.25) is 0 Å². The van der Waals surface area contributed by atoms with Crippen LogP contribution in [0.25, 0.3) is 0 Å². The van der Waals surface area contributed by atoms with Gasteiger partial charge in [-0.15, -0.1) is 0 Å². The van der Waals surface area contributed by atoms with Crippen LogP contribution in [0.15, 0.2) is 11.1 Å². The molecule has 0 nitrogen and oxygen atoms in total. The third-order valence-corrected chi connectivity index (χ3v) is 3.95. The summed E-state index contributed by atoms with van der Waals surface area (Å²) in [5.74, 6) is 1.94. The third-order valence-electron chi connectivity index (χ3n) is 3.95. The highest BCUT2D eigenvalue weighted by Gasteiger charge is 2.42. The zero-order chi connectivity index (χ0) is 8.93. The van der Waals surface area contributed by atoms with Crippen LogP contribution in [0.4, 0.5) is 0 Å². The lowest BCUT2D eigenvalue weighted by Crippen LogP contribution is -2.06. The Bertz CT molecular complexity index is 232. The summed E-state index contributed by atoms with van der Waals surface area (Å²) in [5.41, 5.74) is 4.02. The van der Waals surface area contributed by atoms with E-state index in [1.807, 2.05) is 0 Å². The summed E-state index contributed by atoms with van der Waals surface area (Å²) in [6, 6.07) is 0. The lowest BCUT2D eigenvalue weighted by molar-refractivity contribution is 0.357. The largest absolute Gasteiger partial charge is 0.0738 e. The van der Waals surface area contributed by atoms with Crippen molar-refractivity contribution in [3.8, 4) is 0 Å². The zero-order valence-corrected chi connectivity index (χ0v) is 8.78. The number of fused-ring (bicyclic) bond motifs is 1. The summed E-state index contributed by atoms with van der Waals surface area (Å²) in [6.07, 6.45) is 4.27. The van der Waals surface area contributed by atoms with Crippen molar-refractivity contribution in [3.63, 3.8) is 0 Å². The normalized spacial score (nSPS) is 39.0. The van der Waals surface area contributed by atoms with Crippen LogP contribution in [0, 0.1) is 17.3 Å². The minimum absolute atomic E-state index is 0.622. The van der Waals surface area contributed by atoms with Gasteiger partial charge in [0.1, 0.15) is 0 Å². The molecule has 68 valence electrons. The summed E-state index contributed by atoms with van der Waals surface area (Å²) < 4.78 is 0. The van der Waals surface area contributed by atoms with Crippen molar-refractivity contribution < 1.29 is 0 Å². The Balaban J connectivity index is 2.21. The predicted molar refractivity (Wildman–Crippen MR) is 53.0 cm³/mol.